The van der Waals surface area contributed by atoms with Crippen molar-refractivity contribution in [2.45, 2.75) is 26.4 Å². The first-order chi connectivity index (χ1) is 17.1. The zero-order valence-electron chi connectivity index (χ0n) is 21.0. The van der Waals surface area contributed by atoms with Gasteiger partial charge in [-0.25, -0.2) is 4.68 Å². The van der Waals surface area contributed by atoms with E-state index < -0.39 is 0 Å². The summed E-state index contributed by atoms with van der Waals surface area (Å²) in [6.07, 6.45) is 0.885. The van der Waals surface area contributed by atoms with Gasteiger partial charge >= 0.3 is 0 Å². The van der Waals surface area contributed by atoms with Gasteiger partial charge in [-0.2, -0.15) is 5.10 Å². The minimum Gasteiger partial charge on any atom is -0.497 e. The van der Waals surface area contributed by atoms with Gasteiger partial charge in [0, 0.05) is 44.3 Å². The van der Waals surface area contributed by atoms with Crippen LogP contribution in [0.1, 0.15) is 34.2 Å². The first kappa shape index (κ1) is 24.8. The Hall–Kier alpha value is -3.36. The Morgan fingerprint density at radius 3 is 2.66 bits per heavy atom. The smallest absolute Gasteiger partial charge is 0.254 e. The molecule has 0 saturated carbocycles. The Morgan fingerprint density at radius 1 is 1.09 bits per heavy atom. The van der Waals surface area contributed by atoms with Crippen molar-refractivity contribution in [2.75, 3.05) is 47.6 Å². The maximum atomic E-state index is 13.5. The summed E-state index contributed by atoms with van der Waals surface area (Å²) in [7, 11) is 4.92. The van der Waals surface area contributed by atoms with E-state index in [2.05, 4.69) is 11.8 Å². The standard InChI is InChI=1S/C27H34N4O4/c1-5-29-14-13-24-22(18-29)23(28-31(24)25-11-6-7-12-26(25)35-4)19-30(15-16-33-2)27(32)20-9-8-10-21(17-20)34-3/h6-12,17H,5,13-16,18-19H2,1-4H3. The maximum Gasteiger partial charge on any atom is 0.254 e. The number of ether oxygens (including phenoxy) is 3. The molecular formula is C27H34N4O4. The van der Waals surface area contributed by atoms with E-state index in [1.165, 1.54) is 11.3 Å². The van der Waals surface area contributed by atoms with Crippen LogP contribution in [-0.4, -0.2) is 73.1 Å². The molecule has 0 atom stereocenters. The highest BCUT2D eigenvalue weighted by Crippen LogP contribution is 2.30. The Bertz CT molecular complexity index is 1160. The molecule has 8 nitrogen and oxygen atoms in total. The molecule has 1 aliphatic heterocycles. The molecule has 1 aromatic heterocycles. The molecule has 0 unspecified atom stereocenters. The van der Waals surface area contributed by atoms with Gasteiger partial charge in [0.15, 0.2) is 0 Å². The normalized spacial score (nSPS) is 13.4. The minimum atomic E-state index is -0.0790. The summed E-state index contributed by atoms with van der Waals surface area (Å²) < 4.78 is 18.3. The van der Waals surface area contributed by atoms with Gasteiger partial charge in [-0.1, -0.05) is 25.1 Å². The average molecular weight is 479 g/mol. The third-order valence-electron chi connectivity index (χ3n) is 6.49. The molecule has 0 bridgehead atoms. The summed E-state index contributed by atoms with van der Waals surface area (Å²) in [4.78, 5) is 17.7. The van der Waals surface area contributed by atoms with Gasteiger partial charge < -0.3 is 19.1 Å². The van der Waals surface area contributed by atoms with Crippen LogP contribution in [-0.2, 0) is 24.2 Å². The third-order valence-corrected chi connectivity index (χ3v) is 6.49. The van der Waals surface area contributed by atoms with E-state index in [1.807, 2.05) is 47.1 Å². The summed E-state index contributed by atoms with van der Waals surface area (Å²) in [5.74, 6) is 1.34. The lowest BCUT2D eigenvalue weighted by molar-refractivity contribution is 0.0676. The van der Waals surface area contributed by atoms with E-state index in [-0.39, 0.29) is 5.91 Å². The number of methoxy groups -OCH3 is 3. The number of fused-ring (bicyclic) bond motifs is 1. The Kier molecular flexibility index (Phi) is 8.05. The summed E-state index contributed by atoms with van der Waals surface area (Å²) in [5.41, 5.74) is 4.75. The van der Waals surface area contributed by atoms with Crippen molar-refractivity contribution in [3.8, 4) is 17.2 Å². The van der Waals surface area contributed by atoms with Crippen LogP contribution in [0.3, 0.4) is 0 Å². The van der Waals surface area contributed by atoms with Crippen molar-refractivity contribution in [3.05, 3.63) is 71.0 Å². The molecule has 0 spiro atoms. The number of rotatable bonds is 10. The Labute approximate surface area is 207 Å². The lowest BCUT2D eigenvalue weighted by Gasteiger charge is -2.27. The fourth-order valence-electron chi connectivity index (χ4n) is 4.52. The van der Waals surface area contributed by atoms with Crippen LogP contribution >= 0.6 is 0 Å². The summed E-state index contributed by atoms with van der Waals surface area (Å²) in [6.45, 7) is 6.21. The van der Waals surface area contributed by atoms with Crippen LogP contribution < -0.4 is 9.47 Å². The van der Waals surface area contributed by atoms with E-state index in [4.69, 9.17) is 19.3 Å². The molecule has 35 heavy (non-hydrogen) atoms. The molecule has 2 aromatic carbocycles. The van der Waals surface area contributed by atoms with Crippen LogP contribution in [0, 0.1) is 0 Å². The SMILES string of the molecule is CCN1CCc2c(c(CN(CCOC)C(=O)c3cccc(OC)c3)nn2-c2ccccc2OC)C1. The van der Waals surface area contributed by atoms with Gasteiger partial charge in [-0.3, -0.25) is 9.69 Å². The van der Waals surface area contributed by atoms with E-state index in [1.54, 1.807) is 32.3 Å². The molecule has 2 heterocycles. The average Bonchev–Trinajstić information content (AvgIpc) is 3.27. The Balaban J connectivity index is 1.73. The highest BCUT2D eigenvalue weighted by molar-refractivity contribution is 5.94. The van der Waals surface area contributed by atoms with Crippen LogP contribution in [0.4, 0.5) is 0 Å². The van der Waals surface area contributed by atoms with Crippen molar-refractivity contribution in [1.82, 2.24) is 19.6 Å². The van der Waals surface area contributed by atoms with E-state index in [0.29, 0.717) is 31.0 Å². The molecule has 8 heteroatoms. The number of carbonyl (C=O) groups excluding carboxylic acids is 1. The monoisotopic (exact) mass is 478 g/mol. The molecule has 0 fully saturated rings. The zero-order chi connectivity index (χ0) is 24.8. The van der Waals surface area contributed by atoms with E-state index in [0.717, 1.165) is 43.2 Å². The van der Waals surface area contributed by atoms with Gasteiger partial charge in [0.05, 0.1) is 38.8 Å². The highest BCUT2D eigenvalue weighted by Gasteiger charge is 2.28. The number of para-hydroxylation sites is 2. The van der Waals surface area contributed by atoms with Crippen LogP contribution in [0.25, 0.3) is 5.69 Å². The van der Waals surface area contributed by atoms with E-state index >= 15 is 0 Å². The summed E-state index contributed by atoms with van der Waals surface area (Å²) in [6, 6.07) is 15.2. The van der Waals surface area contributed by atoms with Gasteiger partial charge in [-0.15, -0.1) is 0 Å². The number of likely N-dealkylation sites (N-methyl/N-ethyl adjacent to an activating group) is 1. The molecule has 3 aromatic rings. The number of hydrogen-bond donors (Lipinski definition) is 0. The topological polar surface area (TPSA) is 69.1 Å². The van der Waals surface area contributed by atoms with Crippen molar-refractivity contribution in [2.24, 2.45) is 0 Å². The van der Waals surface area contributed by atoms with Crippen LogP contribution in [0.5, 0.6) is 11.5 Å². The van der Waals surface area contributed by atoms with Crippen LogP contribution in [0.2, 0.25) is 0 Å². The summed E-state index contributed by atoms with van der Waals surface area (Å²) >= 11 is 0. The molecule has 0 radical (unpaired) electrons. The van der Waals surface area contributed by atoms with Crippen LogP contribution in [0.15, 0.2) is 48.5 Å². The largest absolute Gasteiger partial charge is 0.497 e. The molecule has 0 saturated heterocycles. The predicted molar refractivity (Wildman–Crippen MR) is 134 cm³/mol. The number of benzene rings is 2. The van der Waals surface area contributed by atoms with Crippen molar-refractivity contribution >= 4 is 5.91 Å². The third kappa shape index (κ3) is 5.33. The molecular weight excluding hydrogens is 444 g/mol. The van der Waals surface area contributed by atoms with Gasteiger partial charge in [-0.05, 0) is 36.9 Å². The minimum absolute atomic E-state index is 0.0790. The number of amides is 1. The lowest BCUT2D eigenvalue weighted by atomic mass is 10.0. The number of aromatic nitrogens is 2. The second-order valence-electron chi connectivity index (χ2n) is 8.53. The Morgan fingerprint density at radius 2 is 1.91 bits per heavy atom. The van der Waals surface area contributed by atoms with Gasteiger partial charge in [0.1, 0.15) is 17.2 Å². The lowest BCUT2D eigenvalue weighted by Crippen LogP contribution is -2.35. The molecule has 1 amide bonds. The van der Waals surface area contributed by atoms with Gasteiger partial charge in [0.25, 0.3) is 5.91 Å². The van der Waals surface area contributed by atoms with E-state index in [9.17, 15) is 4.79 Å². The zero-order valence-corrected chi connectivity index (χ0v) is 21.0. The second-order valence-corrected chi connectivity index (χ2v) is 8.53. The molecule has 186 valence electrons. The number of hydrogen-bond acceptors (Lipinski definition) is 6. The molecule has 1 aliphatic rings. The quantitative estimate of drug-likeness (QED) is 0.444. The highest BCUT2D eigenvalue weighted by atomic mass is 16.5. The molecule has 0 N–H and O–H groups in total. The first-order valence-electron chi connectivity index (χ1n) is 12.0. The predicted octanol–water partition coefficient (Wildman–Crippen LogP) is 3.56. The molecule has 0 aliphatic carbocycles. The fourth-order valence-corrected chi connectivity index (χ4v) is 4.52. The molecule has 4 rings (SSSR count). The van der Waals surface area contributed by atoms with Gasteiger partial charge in [0.2, 0.25) is 0 Å². The number of carbonyl (C=O) groups is 1. The van der Waals surface area contributed by atoms with Crippen molar-refractivity contribution < 1.29 is 19.0 Å². The van der Waals surface area contributed by atoms with Crippen molar-refractivity contribution in [1.29, 1.82) is 0 Å². The summed E-state index contributed by atoms with van der Waals surface area (Å²) in [5, 5.41) is 5.05. The first-order valence-corrected chi connectivity index (χ1v) is 12.0. The number of nitrogens with zero attached hydrogens (tertiary/aromatic N) is 4. The maximum absolute atomic E-state index is 13.5. The fraction of sp³-hybridized carbons (Fsp3) is 0.407. The second kappa shape index (κ2) is 11.4. The van der Waals surface area contributed by atoms with Crippen molar-refractivity contribution in [3.63, 3.8) is 0 Å².